The van der Waals surface area contributed by atoms with Gasteiger partial charge in [-0.15, -0.1) is 0 Å². The first-order valence-electron chi connectivity index (χ1n) is 8.47. The molecule has 21 heavy (non-hydrogen) atoms. The highest BCUT2D eigenvalue weighted by atomic mass is 16.5. The molecular formula is C17H29NO3. The van der Waals surface area contributed by atoms with Crippen LogP contribution in [0.5, 0.6) is 0 Å². The number of methoxy groups -OCH3 is 1. The predicted molar refractivity (Wildman–Crippen MR) is 81.7 cm³/mol. The maximum atomic E-state index is 12.4. The zero-order valence-corrected chi connectivity index (χ0v) is 13.5. The van der Waals surface area contributed by atoms with Crippen molar-refractivity contribution in [3.05, 3.63) is 0 Å². The van der Waals surface area contributed by atoms with Crippen LogP contribution in [0.25, 0.3) is 0 Å². The molecule has 1 aliphatic carbocycles. The van der Waals surface area contributed by atoms with Gasteiger partial charge < -0.3 is 9.64 Å². The molecule has 0 spiro atoms. The summed E-state index contributed by atoms with van der Waals surface area (Å²) in [6.07, 6.45) is 8.76. The molecule has 0 aromatic rings. The van der Waals surface area contributed by atoms with Gasteiger partial charge >= 0.3 is 5.97 Å². The van der Waals surface area contributed by atoms with E-state index in [2.05, 4.69) is 6.92 Å². The highest BCUT2D eigenvalue weighted by molar-refractivity contribution is 5.77. The van der Waals surface area contributed by atoms with Crippen molar-refractivity contribution in [1.82, 2.24) is 4.90 Å². The number of carbonyl (C=O) groups is 2. The van der Waals surface area contributed by atoms with E-state index in [0.717, 1.165) is 18.8 Å². The van der Waals surface area contributed by atoms with Crippen LogP contribution < -0.4 is 0 Å². The summed E-state index contributed by atoms with van der Waals surface area (Å²) in [4.78, 5) is 25.9. The van der Waals surface area contributed by atoms with Gasteiger partial charge in [0.25, 0.3) is 0 Å². The van der Waals surface area contributed by atoms with E-state index in [4.69, 9.17) is 4.74 Å². The summed E-state index contributed by atoms with van der Waals surface area (Å²) in [5.74, 6) is 1.36. The van der Waals surface area contributed by atoms with Crippen molar-refractivity contribution < 1.29 is 14.3 Å². The van der Waals surface area contributed by atoms with E-state index in [1.165, 1.54) is 39.2 Å². The van der Waals surface area contributed by atoms with Gasteiger partial charge in [0, 0.05) is 19.5 Å². The van der Waals surface area contributed by atoms with Crippen LogP contribution in [0.3, 0.4) is 0 Å². The summed E-state index contributed by atoms with van der Waals surface area (Å²) in [7, 11) is 1.44. The fourth-order valence-electron chi connectivity index (χ4n) is 3.81. The van der Waals surface area contributed by atoms with Crippen molar-refractivity contribution in [1.29, 1.82) is 0 Å². The largest absolute Gasteiger partial charge is 0.469 e. The second-order valence-electron chi connectivity index (χ2n) is 6.76. The molecule has 0 aromatic carbocycles. The van der Waals surface area contributed by atoms with Gasteiger partial charge in [0.05, 0.1) is 13.0 Å². The van der Waals surface area contributed by atoms with Crippen LogP contribution in [0.2, 0.25) is 0 Å². The first-order valence-corrected chi connectivity index (χ1v) is 8.47. The van der Waals surface area contributed by atoms with Crippen LogP contribution in [0, 0.1) is 17.8 Å². The fraction of sp³-hybridized carbons (Fsp3) is 0.882. The lowest BCUT2D eigenvalue weighted by atomic mass is 9.79. The third-order valence-corrected chi connectivity index (χ3v) is 5.33. The Balaban J connectivity index is 1.75. The van der Waals surface area contributed by atoms with Crippen molar-refractivity contribution in [2.45, 2.75) is 58.3 Å². The minimum absolute atomic E-state index is 0.0187. The number of nitrogens with zero attached hydrogens (tertiary/aromatic N) is 1. The zero-order valence-electron chi connectivity index (χ0n) is 13.5. The summed E-state index contributed by atoms with van der Waals surface area (Å²) in [5.41, 5.74) is 0. The summed E-state index contributed by atoms with van der Waals surface area (Å²) in [6.45, 7) is 3.64. The lowest BCUT2D eigenvalue weighted by Gasteiger charge is -2.33. The molecule has 1 saturated heterocycles. The Labute approximate surface area is 128 Å². The Kier molecular flexibility index (Phi) is 6.07. The van der Waals surface area contributed by atoms with Crippen molar-refractivity contribution in [2.24, 2.45) is 17.8 Å². The van der Waals surface area contributed by atoms with Crippen LogP contribution in [0.4, 0.5) is 0 Å². The molecule has 4 heteroatoms. The molecule has 0 bridgehead atoms. The third-order valence-electron chi connectivity index (χ3n) is 5.33. The van der Waals surface area contributed by atoms with E-state index >= 15 is 0 Å². The average molecular weight is 295 g/mol. The van der Waals surface area contributed by atoms with Gasteiger partial charge in [0.1, 0.15) is 0 Å². The lowest BCUT2D eigenvalue weighted by molar-refractivity contribution is -0.149. The molecule has 0 radical (unpaired) electrons. The number of hydrogen-bond acceptors (Lipinski definition) is 3. The van der Waals surface area contributed by atoms with E-state index in [0.29, 0.717) is 25.4 Å². The Morgan fingerprint density at radius 1 is 1.10 bits per heavy atom. The highest BCUT2D eigenvalue weighted by Crippen LogP contribution is 2.32. The van der Waals surface area contributed by atoms with E-state index in [-0.39, 0.29) is 17.8 Å². The maximum absolute atomic E-state index is 12.4. The third kappa shape index (κ3) is 4.45. The van der Waals surface area contributed by atoms with Gasteiger partial charge in [-0.05, 0) is 24.7 Å². The number of carbonyl (C=O) groups excluding carboxylic acids is 2. The molecule has 4 nitrogen and oxygen atoms in total. The molecule has 2 fully saturated rings. The van der Waals surface area contributed by atoms with Gasteiger partial charge in [-0.2, -0.15) is 0 Å². The minimum Gasteiger partial charge on any atom is -0.469 e. The van der Waals surface area contributed by atoms with E-state index in [9.17, 15) is 9.59 Å². The van der Waals surface area contributed by atoms with Gasteiger partial charge in [0.2, 0.25) is 5.91 Å². The molecule has 1 amide bonds. The van der Waals surface area contributed by atoms with E-state index in [1.807, 2.05) is 4.90 Å². The highest BCUT2D eigenvalue weighted by Gasteiger charge is 2.29. The normalized spacial score (nSPS) is 22.9. The monoisotopic (exact) mass is 295 g/mol. The molecule has 1 aliphatic heterocycles. The smallest absolute Gasteiger partial charge is 0.308 e. The molecule has 0 aromatic heterocycles. The number of likely N-dealkylation sites (tertiary alicyclic amines) is 1. The molecule has 120 valence electrons. The summed E-state index contributed by atoms with van der Waals surface area (Å²) in [6, 6.07) is 0. The van der Waals surface area contributed by atoms with Crippen molar-refractivity contribution in [3.8, 4) is 0 Å². The molecule has 1 atom stereocenters. The van der Waals surface area contributed by atoms with Crippen molar-refractivity contribution in [2.75, 3.05) is 20.2 Å². The Morgan fingerprint density at radius 3 is 2.29 bits per heavy atom. The molecule has 1 heterocycles. The minimum atomic E-state index is -0.127. The molecule has 1 saturated carbocycles. The van der Waals surface area contributed by atoms with Crippen molar-refractivity contribution >= 4 is 11.9 Å². The number of amides is 1. The standard InChI is InChI=1S/C17H29NO3/c1-13(14-6-4-3-5-7-14)12-16(19)18-10-8-15(9-11-18)17(20)21-2/h13-15H,3-12H2,1-2H3/t13-/m1/s1. The Hall–Kier alpha value is -1.06. The van der Waals surface area contributed by atoms with E-state index < -0.39 is 0 Å². The number of rotatable bonds is 4. The van der Waals surface area contributed by atoms with Gasteiger partial charge in [0.15, 0.2) is 0 Å². The van der Waals surface area contributed by atoms with Gasteiger partial charge in [-0.25, -0.2) is 0 Å². The summed E-state index contributed by atoms with van der Waals surface area (Å²) >= 11 is 0. The predicted octanol–water partition coefficient (Wildman–Crippen LogP) is 3.00. The lowest BCUT2D eigenvalue weighted by Crippen LogP contribution is -2.41. The number of ether oxygens (including phenoxy) is 1. The topological polar surface area (TPSA) is 46.6 Å². The number of hydrogen-bond donors (Lipinski definition) is 0. The van der Waals surface area contributed by atoms with Crippen LogP contribution in [-0.4, -0.2) is 37.0 Å². The molecule has 0 N–H and O–H groups in total. The van der Waals surface area contributed by atoms with Gasteiger partial charge in [-0.1, -0.05) is 39.0 Å². The van der Waals surface area contributed by atoms with Gasteiger partial charge in [-0.3, -0.25) is 9.59 Å². The second-order valence-corrected chi connectivity index (χ2v) is 6.76. The van der Waals surface area contributed by atoms with Crippen molar-refractivity contribution in [3.63, 3.8) is 0 Å². The molecule has 0 unspecified atom stereocenters. The maximum Gasteiger partial charge on any atom is 0.308 e. The second kappa shape index (κ2) is 7.81. The fourth-order valence-corrected chi connectivity index (χ4v) is 3.81. The first kappa shape index (κ1) is 16.3. The molecule has 2 aliphatic rings. The number of esters is 1. The van der Waals surface area contributed by atoms with E-state index in [1.54, 1.807) is 0 Å². The average Bonchev–Trinajstić information content (AvgIpc) is 2.55. The van der Waals surface area contributed by atoms with Crippen LogP contribution in [0.1, 0.15) is 58.3 Å². The Bertz CT molecular complexity index is 355. The summed E-state index contributed by atoms with van der Waals surface area (Å²) < 4.78 is 4.79. The quantitative estimate of drug-likeness (QED) is 0.749. The van der Waals surface area contributed by atoms with Crippen LogP contribution >= 0.6 is 0 Å². The zero-order chi connectivity index (χ0) is 15.2. The molecular weight excluding hydrogens is 266 g/mol. The Morgan fingerprint density at radius 2 is 1.71 bits per heavy atom. The SMILES string of the molecule is COC(=O)C1CCN(C(=O)C[C@@H](C)C2CCCCC2)CC1. The number of piperidine rings is 1. The first-order chi connectivity index (χ1) is 10.1. The molecule has 2 rings (SSSR count). The van der Waals surface area contributed by atoms with Crippen LogP contribution in [0.15, 0.2) is 0 Å². The van der Waals surface area contributed by atoms with Crippen LogP contribution in [-0.2, 0) is 14.3 Å². The summed E-state index contributed by atoms with van der Waals surface area (Å²) in [5, 5.41) is 0.